The minimum Gasteiger partial charge on any atom is -0.392 e. The van der Waals surface area contributed by atoms with Crippen LogP contribution >= 0.6 is 0 Å². The molecule has 0 aromatic carbocycles. The molecule has 7 unspecified atom stereocenters. The van der Waals surface area contributed by atoms with E-state index in [0.29, 0.717) is 5.69 Å². The lowest BCUT2D eigenvalue weighted by atomic mass is 9.51. The van der Waals surface area contributed by atoms with E-state index in [0.717, 1.165) is 25.7 Å². The van der Waals surface area contributed by atoms with Crippen LogP contribution in [0.15, 0.2) is 24.4 Å². The van der Waals surface area contributed by atoms with Crippen molar-refractivity contribution >= 4 is 11.8 Å². The normalized spacial score (nSPS) is 34.7. The third-order valence-electron chi connectivity index (χ3n) is 7.59. The summed E-state index contributed by atoms with van der Waals surface area (Å²) in [6, 6.07) is 5.40. The Morgan fingerprint density at radius 2 is 1.90 bits per heavy atom. The molecule has 0 radical (unpaired) electrons. The van der Waals surface area contributed by atoms with Crippen molar-refractivity contribution < 1.29 is 14.7 Å². The molecular formula is C24H37N3O3. The van der Waals surface area contributed by atoms with E-state index in [-0.39, 0.29) is 53.0 Å². The number of nitrogens with one attached hydrogen (secondary N) is 2. The molecule has 30 heavy (non-hydrogen) atoms. The van der Waals surface area contributed by atoms with Crippen molar-refractivity contribution in [3.05, 3.63) is 30.1 Å². The lowest BCUT2D eigenvalue weighted by molar-refractivity contribution is -0.142. The summed E-state index contributed by atoms with van der Waals surface area (Å²) in [6.07, 6.45) is 4.79. The van der Waals surface area contributed by atoms with Crippen LogP contribution in [-0.2, 0) is 4.79 Å². The van der Waals surface area contributed by atoms with Gasteiger partial charge in [-0.1, -0.05) is 26.8 Å². The van der Waals surface area contributed by atoms with Gasteiger partial charge in [-0.05, 0) is 74.8 Å². The van der Waals surface area contributed by atoms with Gasteiger partial charge in [0.15, 0.2) is 0 Å². The Morgan fingerprint density at radius 1 is 1.20 bits per heavy atom. The molecule has 2 amide bonds. The molecule has 2 saturated carbocycles. The summed E-state index contributed by atoms with van der Waals surface area (Å²) in [6.45, 7) is 10.2. The third-order valence-corrected chi connectivity index (χ3v) is 7.59. The van der Waals surface area contributed by atoms with Gasteiger partial charge >= 0.3 is 0 Å². The van der Waals surface area contributed by atoms with Gasteiger partial charge in [-0.2, -0.15) is 0 Å². The Morgan fingerprint density at radius 3 is 2.53 bits per heavy atom. The first-order valence-corrected chi connectivity index (χ1v) is 11.3. The predicted molar refractivity (Wildman–Crippen MR) is 117 cm³/mol. The molecule has 2 aliphatic rings. The van der Waals surface area contributed by atoms with Crippen molar-refractivity contribution in [3.8, 4) is 0 Å². The zero-order chi connectivity index (χ0) is 22.1. The molecule has 3 rings (SSSR count). The van der Waals surface area contributed by atoms with Crippen LogP contribution in [0.25, 0.3) is 0 Å². The Kier molecular flexibility index (Phi) is 6.85. The highest BCUT2D eigenvalue weighted by Crippen LogP contribution is 2.55. The first-order valence-electron chi connectivity index (χ1n) is 11.3. The fourth-order valence-corrected chi connectivity index (χ4v) is 5.85. The summed E-state index contributed by atoms with van der Waals surface area (Å²) in [5.41, 5.74) is 0.453. The maximum Gasteiger partial charge on any atom is 0.270 e. The minimum absolute atomic E-state index is 0.00854. The number of nitrogens with zero attached hydrogens (tertiary/aromatic N) is 1. The van der Waals surface area contributed by atoms with E-state index >= 15 is 0 Å². The maximum absolute atomic E-state index is 12.7. The molecule has 1 heterocycles. The third kappa shape index (κ3) is 4.53. The molecule has 6 nitrogen and oxygen atoms in total. The van der Waals surface area contributed by atoms with E-state index in [1.54, 1.807) is 18.3 Å². The standard InChI is InChI=1S/C24H37N3O3/c1-14(2)26-22(29)15(3)17-9-11-24(5)12-10-18(16(4)20(24)21(17)28)27-23(30)19-8-6-7-13-25-19/h6-8,13-18,20-21,28H,9-12H2,1-5H3,(H,26,29)(H,27,30). The van der Waals surface area contributed by atoms with Gasteiger partial charge in [0, 0.05) is 24.2 Å². The van der Waals surface area contributed by atoms with Crippen LogP contribution in [-0.4, -0.2) is 40.1 Å². The number of aromatic nitrogens is 1. The number of aliphatic hydroxyl groups is 1. The second-order valence-corrected chi connectivity index (χ2v) is 10.0. The minimum atomic E-state index is -0.554. The Labute approximate surface area is 180 Å². The van der Waals surface area contributed by atoms with Gasteiger partial charge in [0.2, 0.25) is 5.91 Å². The lowest BCUT2D eigenvalue weighted by Gasteiger charge is -2.56. The molecule has 1 aromatic heterocycles. The highest BCUT2D eigenvalue weighted by Gasteiger charge is 2.53. The average Bonchev–Trinajstić information content (AvgIpc) is 2.70. The van der Waals surface area contributed by atoms with E-state index < -0.39 is 6.10 Å². The average molecular weight is 416 g/mol. The predicted octanol–water partition coefficient (Wildman–Crippen LogP) is 3.16. The van der Waals surface area contributed by atoms with Gasteiger partial charge in [-0.3, -0.25) is 14.6 Å². The summed E-state index contributed by atoms with van der Waals surface area (Å²) in [7, 11) is 0. The maximum atomic E-state index is 12.7. The Balaban J connectivity index is 1.74. The van der Waals surface area contributed by atoms with E-state index in [1.807, 2.05) is 26.8 Å². The van der Waals surface area contributed by atoms with Gasteiger partial charge in [-0.25, -0.2) is 0 Å². The second-order valence-electron chi connectivity index (χ2n) is 10.0. The molecule has 2 aliphatic carbocycles. The molecule has 1 aromatic rings. The molecule has 0 aliphatic heterocycles. The second kappa shape index (κ2) is 9.04. The zero-order valence-corrected chi connectivity index (χ0v) is 18.9. The van der Waals surface area contributed by atoms with Gasteiger partial charge in [0.05, 0.1) is 6.10 Å². The first kappa shape index (κ1) is 22.7. The fraction of sp³-hybridized carbons (Fsp3) is 0.708. The van der Waals surface area contributed by atoms with Crippen LogP contribution in [0.5, 0.6) is 0 Å². The fourth-order valence-electron chi connectivity index (χ4n) is 5.85. The number of carbonyl (C=O) groups is 2. The van der Waals surface area contributed by atoms with Crippen LogP contribution in [0.3, 0.4) is 0 Å². The summed E-state index contributed by atoms with van der Waals surface area (Å²) in [5.74, 6) is -0.274. The number of rotatable bonds is 5. The zero-order valence-electron chi connectivity index (χ0n) is 18.9. The molecule has 0 saturated heterocycles. The summed E-state index contributed by atoms with van der Waals surface area (Å²) < 4.78 is 0. The molecule has 7 atom stereocenters. The summed E-state index contributed by atoms with van der Waals surface area (Å²) in [4.78, 5) is 29.4. The van der Waals surface area contributed by atoms with Gasteiger partial charge in [0.25, 0.3) is 5.91 Å². The van der Waals surface area contributed by atoms with Crippen LogP contribution in [0.1, 0.15) is 70.8 Å². The van der Waals surface area contributed by atoms with Crippen molar-refractivity contribution in [1.29, 1.82) is 0 Å². The van der Waals surface area contributed by atoms with E-state index in [4.69, 9.17) is 0 Å². The van der Waals surface area contributed by atoms with E-state index in [1.165, 1.54) is 0 Å². The van der Waals surface area contributed by atoms with Crippen LogP contribution < -0.4 is 10.6 Å². The smallest absolute Gasteiger partial charge is 0.270 e. The SMILES string of the molecule is CC(C)NC(=O)C(C)C1CCC2(C)CCC(NC(=O)c3ccccn3)C(C)C2C1O. The highest BCUT2D eigenvalue weighted by atomic mass is 16.3. The number of hydrogen-bond donors (Lipinski definition) is 3. The van der Waals surface area contributed by atoms with Crippen LogP contribution in [0.2, 0.25) is 0 Å². The number of fused-ring (bicyclic) bond motifs is 1. The molecule has 0 bridgehead atoms. The van der Waals surface area contributed by atoms with Crippen LogP contribution in [0.4, 0.5) is 0 Å². The summed E-state index contributed by atoms with van der Waals surface area (Å²) >= 11 is 0. The molecule has 166 valence electrons. The number of carbonyl (C=O) groups excluding carboxylic acids is 2. The van der Waals surface area contributed by atoms with Gasteiger partial charge < -0.3 is 15.7 Å². The van der Waals surface area contributed by atoms with E-state index in [9.17, 15) is 14.7 Å². The summed E-state index contributed by atoms with van der Waals surface area (Å²) in [5, 5.41) is 17.6. The van der Waals surface area contributed by atoms with Crippen molar-refractivity contribution in [1.82, 2.24) is 15.6 Å². The molecule has 3 N–H and O–H groups in total. The Hall–Kier alpha value is -1.95. The Bertz CT molecular complexity index is 753. The monoisotopic (exact) mass is 415 g/mol. The van der Waals surface area contributed by atoms with Gasteiger partial charge in [-0.15, -0.1) is 0 Å². The van der Waals surface area contributed by atoms with Gasteiger partial charge in [0.1, 0.15) is 5.69 Å². The van der Waals surface area contributed by atoms with Crippen molar-refractivity contribution in [3.63, 3.8) is 0 Å². The number of hydrogen-bond acceptors (Lipinski definition) is 4. The topological polar surface area (TPSA) is 91.3 Å². The van der Waals surface area contributed by atoms with E-state index in [2.05, 4.69) is 29.5 Å². The molecular weight excluding hydrogens is 378 g/mol. The molecule has 0 spiro atoms. The van der Waals surface area contributed by atoms with Crippen molar-refractivity contribution in [2.24, 2.45) is 29.1 Å². The highest BCUT2D eigenvalue weighted by molar-refractivity contribution is 5.92. The largest absolute Gasteiger partial charge is 0.392 e. The quantitative estimate of drug-likeness (QED) is 0.689. The van der Waals surface area contributed by atoms with Crippen molar-refractivity contribution in [2.45, 2.75) is 78.5 Å². The number of amides is 2. The number of pyridine rings is 1. The van der Waals surface area contributed by atoms with Crippen molar-refractivity contribution in [2.75, 3.05) is 0 Å². The number of aliphatic hydroxyl groups excluding tert-OH is 1. The van der Waals surface area contributed by atoms with Crippen LogP contribution in [0, 0.1) is 29.1 Å². The molecule has 2 fully saturated rings. The lowest BCUT2D eigenvalue weighted by Crippen LogP contribution is -2.58. The molecule has 6 heteroatoms. The first-order chi connectivity index (χ1) is 14.1.